The van der Waals surface area contributed by atoms with E-state index >= 15 is 0 Å². The van der Waals surface area contributed by atoms with Crippen LogP contribution in [-0.2, 0) is 31.1 Å². The zero-order valence-electron chi connectivity index (χ0n) is 18.5. The van der Waals surface area contributed by atoms with Gasteiger partial charge in [-0.15, -0.1) is 0 Å². The molecule has 0 aliphatic heterocycles. The van der Waals surface area contributed by atoms with Crippen LogP contribution in [0.15, 0.2) is 78.9 Å². The number of anilines is 1. The van der Waals surface area contributed by atoms with Crippen molar-refractivity contribution in [3.63, 3.8) is 0 Å². The van der Waals surface area contributed by atoms with E-state index in [-0.39, 0.29) is 5.41 Å². The average Bonchev–Trinajstić information content (AvgIpc) is 3.07. The molecule has 4 aromatic carbocycles. The van der Waals surface area contributed by atoms with Crippen molar-refractivity contribution in [2.75, 3.05) is 11.9 Å². The summed E-state index contributed by atoms with van der Waals surface area (Å²) in [5.74, 6) is 0. The molecule has 0 fully saturated rings. The van der Waals surface area contributed by atoms with Crippen LogP contribution in [0, 0.1) is 0 Å². The van der Waals surface area contributed by atoms with Gasteiger partial charge in [0.25, 0.3) is 0 Å². The smallest absolute Gasteiger partial charge is 0.0714 e. The Morgan fingerprint density at radius 3 is 1.84 bits per heavy atom. The molecule has 0 saturated carbocycles. The molecule has 1 N–H and O–H groups in total. The molecule has 0 unspecified atom stereocenters. The molecule has 32 heavy (non-hydrogen) atoms. The van der Waals surface area contributed by atoms with Crippen LogP contribution in [0.3, 0.4) is 0 Å². The van der Waals surface area contributed by atoms with Crippen LogP contribution >= 0.6 is 0 Å². The molecule has 4 aromatic rings. The summed E-state index contributed by atoms with van der Waals surface area (Å²) in [6, 6.07) is 30.6. The first kappa shape index (κ1) is 18.3. The first-order chi connectivity index (χ1) is 15.8. The summed E-state index contributed by atoms with van der Waals surface area (Å²) in [6.45, 7) is 3.10. The molecular weight excluding hydrogens is 386 g/mol. The van der Waals surface area contributed by atoms with Gasteiger partial charge in [-0.05, 0) is 100 Å². The SMILES string of the molecule is CCNc1ccc2c(c1)C(c1ccc3c(c1)CC3)(c1ccc3c(c1)CC3)c1ccccc1-2. The van der Waals surface area contributed by atoms with E-state index in [4.69, 9.17) is 0 Å². The summed E-state index contributed by atoms with van der Waals surface area (Å²) in [5, 5.41) is 3.57. The van der Waals surface area contributed by atoms with Crippen molar-refractivity contribution >= 4 is 5.69 Å². The lowest BCUT2D eigenvalue weighted by molar-refractivity contribution is 0.740. The minimum absolute atomic E-state index is 0.271. The lowest BCUT2D eigenvalue weighted by Gasteiger charge is -2.37. The van der Waals surface area contributed by atoms with Crippen molar-refractivity contribution in [1.82, 2.24) is 0 Å². The van der Waals surface area contributed by atoms with Crippen LogP contribution in [0.1, 0.15) is 51.4 Å². The molecular formula is C31H27N. The van der Waals surface area contributed by atoms with Gasteiger partial charge in [0.1, 0.15) is 0 Å². The van der Waals surface area contributed by atoms with Gasteiger partial charge >= 0.3 is 0 Å². The monoisotopic (exact) mass is 413 g/mol. The van der Waals surface area contributed by atoms with Crippen LogP contribution in [0.25, 0.3) is 11.1 Å². The Bertz CT molecular complexity index is 1340. The van der Waals surface area contributed by atoms with Crippen LogP contribution in [0.4, 0.5) is 5.69 Å². The van der Waals surface area contributed by atoms with Crippen molar-refractivity contribution in [2.24, 2.45) is 0 Å². The van der Waals surface area contributed by atoms with E-state index in [9.17, 15) is 0 Å². The topological polar surface area (TPSA) is 12.0 Å². The summed E-state index contributed by atoms with van der Waals surface area (Å²) in [5.41, 5.74) is 15.4. The van der Waals surface area contributed by atoms with Crippen LogP contribution < -0.4 is 5.32 Å². The van der Waals surface area contributed by atoms with Gasteiger partial charge in [-0.3, -0.25) is 0 Å². The van der Waals surface area contributed by atoms with Gasteiger partial charge in [0.05, 0.1) is 5.41 Å². The van der Waals surface area contributed by atoms with E-state index < -0.39 is 0 Å². The zero-order chi connectivity index (χ0) is 21.3. The highest BCUT2D eigenvalue weighted by Gasteiger charge is 2.47. The van der Waals surface area contributed by atoms with Crippen molar-refractivity contribution in [2.45, 2.75) is 38.0 Å². The summed E-state index contributed by atoms with van der Waals surface area (Å²) < 4.78 is 0. The highest BCUT2D eigenvalue weighted by atomic mass is 14.8. The molecule has 3 aliphatic carbocycles. The second-order valence-electron chi connectivity index (χ2n) is 9.55. The van der Waals surface area contributed by atoms with Gasteiger partial charge in [0, 0.05) is 12.2 Å². The van der Waals surface area contributed by atoms with Gasteiger partial charge in [-0.1, -0.05) is 66.7 Å². The minimum Gasteiger partial charge on any atom is -0.385 e. The zero-order valence-corrected chi connectivity index (χ0v) is 18.5. The molecule has 7 rings (SSSR count). The fraction of sp³-hybridized carbons (Fsp3) is 0.226. The van der Waals surface area contributed by atoms with Gasteiger partial charge in [0.15, 0.2) is 0 Å². The largest absolute Gasteiger partial charge is 0.385 e. The summed E-state index contributed by atoms with van der Waals surface area (Å²) in [4.78, 5) is 0. The molecule has 1 heteroatoms. The van der Waals surface area contributed by atoms with Crippen LogP contribution in [0.2, 0.25) is 0 Å². The van der Waals surface area contributed by atoms with Gasteiger partial charge in [0.2, 0.25) is 0 Å². The molecule has 0 heterocycles. The number of hydrogen-bond acceptors (Lipinski definition) is 1. The Morgan fingerprint density at radius 2 is 1.25 bits per heavy atom. The number of hydrogen-bond donors (Lipinski definition) is 1. The number of nitrogens with one attached hydrogen (secondary N) is 1. The molecule has 0 saturated heterocycles. The molecule has 0 bridgehead atoms. The van der Waals surface area contributed by atoms with Crippen molar-refractivity contribution in [3.8, 4) is 11.1 Å². The summed E-state index contributed by atoms with van der Waals surface area (Å²) in [7, 11) is 0. The predicted octanol–water partition coefficient (Wildman–Crippen LogP) is 6.68. The number of fused-ring (bicyclic) bond motifs is 5. The van der Waals surface area contributed by atoms with E-state index in [1.807, 2.05) is 0 Å². The van der Waals surface area contributed by atoms with E-state index in [2.05, 4.69) is 91.1 Å². The first-order valence-electron chi connectivity index (χ1n) is 12.0. The molecule has 0 amide bonds. The fourth-order valence-electron chi connectivity index (χ4n) is 6.24. The van der Waals surface area contributed by atoms with Crippen LogP contribution in [0.5, 0.6) is 0 Å². The molecule has 0 radical (unpaired) electrons. The summed E-state index contributed by atoms with van der Waals surface area (Å²) in [6.07, 6.45) is 4.85. The Balaban J connectivity index is 1.60. The van der Waals surface area contributed by atoms with E-state index in [0.29, 0.717) is 0 Å². The first-order valence-corrected chi connectivity index (χ1v) is 12.0. The third-order valence-electron chi connectivity index (χ3n) is 8.03. The Hall–Kier alpha value is -3.32. The van der Waals surface area contributed by atoms with Gasteiger partial charge < -0.3 is 5.32 Å². The molecule has 156 valence electrons. The molecule has 0 aromatic heterocycles. The molecule has 0 atom stereocenters. The fourth-order valence-corrected chi connectivity index (χ4v) is 6.24. The molecule has 3 aliphatic rings. The Morgan fingerprint density at radius 1 is 0.625 bits per heavy atom. The summed E-state index contributed by atoms with van der Waals surface area (Å²) >= 11 is 0. The lowest BCUT2D eigenvalue weighted by atomic mass is 9.65. The van der Waals surface area contributed by atoms with Crippen molar-refractivity contribution in [3.05, 3.63) is 123 Å². The average molecular weight is 414 g/mol. The van der Waals surface area contributed by atoms with E-state index in [1.54, 1.807) is 0 Å². The molecule has 1 nitrogen and oxygen atoms in total. The quantitative estimate of drug-likeness (QED) is 0.347. The van der Waals surface area contributed by atoms with E-state index in [0.717, 1.165) is 6.54 Å². The number of benzene rings is 4. The second kappa shape index (κ2) is 6.59. The maximum Gasteiger partial charge on any atom is 0.0714 e. The second-order valence-corrected chi connectivity index (χ2v) is 9.55. The third-order valence-corrected chi connectivity index (χ3v) is 8.03. The van der Waals surface area contributed by atoms with E-state index in [1.165, 1.54) is 87.0 Å². The maximum atomic E-state index is 3.57. The normalized spacial score (nSPS) is 16.2. The van der Waals surface area contributed by atoms with Gasteiger partial charge in [-0.25, -0.2) is 0 Å². The van der Waals surface area contributed by atoms with Crippen LogP contribution in [-0.4, -0.2) is 6.54 Å². The molecule has 0 spiro atoms. The van der Waals surface area contributed by atoms with Gasteiger partial charge in [-0.2, -0.15) is 0 Å². The Labute approximate surface area is 190 Å². The lowest BCUT2D eigenvalue weighted by Crippen LogP contribution is -2.30. The van der Waals surface area contributed by atoms with Crippen molar-refractivity contribution in [1.29, 1.82) is 0 Å². The maximum absolute atomic E-state index is 3.57. The highest BCUT2D eigenvalue weighted by molar-refractivity contribution is 5.87. The van der Waals surface area contributed by atoms with Crippen molar-refractivity contribution < 1.29 is 0 Å². The Kier molecular flexibility index (Phi) is 3.76. The number of rotatable bonds is 4. The minimum atomic E-state index is -0.271. The third kappa shape index (κ3) is 2.29. The standard InChI is InChI=1S/C31H27N/c1-2-32-26-15-16-28-27-5-3-4-6-29(27)31(30(28)19-26,24-13-11-20-7-9-22(20)17-24)25-14-12-21-8-10-23(21)18-25/h3-6,11-19,32H,2,7-10H2,1H3. The number of aryl methyl sites for hydroxylation is 4. The predicted molar refractivity (Wildman–Crippen MR) is 133 cm³/mol. The highest BCUT2D eigenvalue weighted by Crippen LogP contribution is 2.57.